The minimum Gasteiger partial charge on any atom is -0.467 e. The lowest BCUT2D eigenvalue weighted by Gasteiger charge is -2.19. The van der Waals surface area contributed by atoms with Gasteiger partial charge in [0, 0.05) is 38.6 Å². The van der Waals surface area contributed by atoms with Crippen molar-refractivity contribution in [2.24, 2.45) is 0 Å². The zero-order chi connectivity index (χ0) is 26.2. The molecule has 36 heavy (non-hydrogen) atoms. The fraction of sp³-hybridized carbons (Fsp3) is 0.304. The van der Waals surface area contributed by atoms with Crippen molar-refractivity contribution in [2.75, 3.05) is 43.3 Å². The zero-order valence-corrected chi connectivity index (χ0v) is 21.6. The van der Waals surface area contributed by atoms with E-state index in [-0.39, 0.29) is 40.6 Å². The number of nitrogens with one attached hydrogen (secondary N) is 2. The highest BCUT2D eigenvalue weighted by Gasteiger charge is 2.23. The molecule has 0 aliphatic carbocycles. The van der Waals surface area contributed by atoms with Crippen LogP contribution in [0.15, 0.2) is 36.7 Å². The van der Waals surface area contributed by atoms with Crippen LogP contribution >= 0.6 is 23.2 Å². The SMILES string of the molecule is CCOC(=O)[C@H](Cc1ccc(NC(=O)c2c(Cl)cncc2Cl)cc1)Nc1nc(OC)nc(N(C)C)n1. The van der Waals surface area contributed by atoms with Gasteiger partial charge in [-0.05, 0) is 24.6 Å². The molecule has 0 saturated carbocycles. The number of benzene rings is 1. The third-order valence-corrected chi connectivity index (χ3v) is 5.37. The molecule has 2 aromatic heterocycles. The van der Waals surface area contributed by atoms with E-state index in [9.17, 15) is 9.59 Å². The molecule has 1 amide bonds. The van der Waals surface area contributed by atoms with E-state index >= 15 is 0 Å². The van der Waals surface area contributed by atoms with Gasteiger partial charge in [-0.2, -0.15) is 15.0 Å². The number of carbonyl (C=O) groups excluding carboxylic acids is 2. The number of nitrogens with zero attached hydrogens (tertiary/aromatic N) is 5. The van der Waals surface area contributed by atoms with Crippen molar-refractivity contribution in [3.63, 3.8) is 0 Å². The summed E-state index contributed by atoms with van der Waals surface area (Å²) < 4.78 is 10.4. The van der Waals surface area contributed by atoms with Crippen molar-refractivity contribution >= 4 is 52.7 Å². The van der Waals surface area contributed by atoms with Crippen molar-refractivity contribution in [1.82, 2.24) is 19.9 Å². The number of anilines is 3. The average Bonchev–Trinajstić information content (AvgIpc) is 2.84. The van der Waals surface area contributed by atoms with Gasteiger partial charge in [-0.1, -0.05) is 35.3 Å². The molecule has 1 atom stereocenters. The molecule has 1 aromatic carbocycles. The summed E-state index contributed by atoms with van der Waals surface area (Å²) in [5, 5.41) is 6.05. The van der Waals surface area contributed by atoms with Crippen LogP contribution in [0.25, 0.3) is 0 Å². The number of carbonyl (C=O) groups is 2. The van der Waals surface area contributed by atoms with Crippen molar-refractivity contribution < 1.29 is 19.1 Å². The molecular formula is C23H25Cl2N7O4. The van der Waals surface area contributed by atoms with E-state index in [2.05, 4.69) is 30.6 Å². The first-order chi connectivity index (χ1) is 17.2. The van der Waals surface area contributed by atoms with E-state index in [0.717, 1.165) is 5.56 Å². The highest BCUT2D eigenvalue weighted by molar-refractivity contribution is 6.40. The second kappa shape index (κ2) is 12.3. The normalized spacial score (nSPS) is 11.4. The predicted octanol–water partition coefficient (Wildman–Crippen LogP) is 3.49. The van der Waals surface area contributed by atoms with E-state index in [1.165, 1.54) is 19.5 Å². The summed E-state index contributed by atoms with van der Waals surface area (Å²) >= 11 is 12.1. The molecule has 3 aromatic rings. The fourth-order valence-electron chi connectivity index (χ4n) is 3.08. The smallest absolute Gasteiger partial charge is 0.328 e. The van der Waals surface area contributed by atoms with Crippen molar-refractivity contribution in [2.45, 2.75) is 19.4 Å². The van der Waals surface area contributed by atoms with Gasteiger partial charge in [0.25, 0.3) is 5.91 Å². The van der Waals surface area contributed by atoms with Crippen molar-refractivity contribution in [1.29, 1.82) is 0 Å². The lowest BCUT2D eigenvalue weighted by molar-refractivity contribution is -0.144. The highest BCUT2D eigenvalue weighted by atomic mass is 35.5. The standard InChI is InChI=1S/C23H25Cl2N7O4/c1-5-36-20(34)17(28-21-29-22(32(2)3)31-23(30-21)35-4)10-13-6-8-14(9-7-13)27-19(33)18-15(24)11-26-12-16(18)25/h6-9,11-12,17H,5,10H2,1-4H3,(H,27,33)(H,28,29,30,31)/t17-/m0/s1. The maximum absolute atomic E-state index is 12.7. The molecule has 0 spiro atoms. The molecule has 190 valence electrons. The number of amides is 1. The first kappa shape index (κ1) is 26.9. The predicted molar refractivity (Wildman–Crippen MR) is 137 cm³/mol. The van der Waals surface area contributed by atoms with E-state index in [4.69, 9.17) is 32.7 Å². The molecule has 3 rings (SSSR count). The monoisotopic (exact) mass is 533 g/mol. The van der Waals surface area contributed by atoms with Gasteiger partial charge >= 0.3 is 12.0 Å². The first-order valence-corrected chi connectivity index (χ1v) is 11.6. The molecule has 2 N–H and O–H groups in total. The number of pyridine rings is 1. The summed E-state index contributed by atoms with van der Waals surface area (Å²) in [6.45, 7) is 1.94. The summed E-state index contributed by atoms with van der Waals surface area (Å²) in [6, 6.07) is 6.27. The van der Waals surface area contributed by atoms with Crippen LogP contribution in [0.3, 0.4) is 0 Å². The Bertz CT molecular complexity index is 1210. The van der Waals surface area contributed by atoms with Crippen LogP contribution in [-0.2, 0) is 16.0 Å². The molecule has 0 fully saturated rings. The Morgan fingerprint density at radius 3 is 2.31 bits per heavy atom. The Morgan fingerprint density at radius 1 is 1.06 bits per heavy atom. The summed E-state index contributed by atoms with van der Waals surface area (Å²) in [6.07, 6.45) is 2.95. The third kappa shape index (κ3) is 6.92. The second-order valence-corrected chi connectivity index (χ2v) is 8.44. The average molecular weight is 534 g/mol. The quantitative estimate of drug-likeness (QED) is 0.373. The van der Waals surface area contributed by atoms with Crippen LogP contribution in [-0.4, -0.2) is 65.7 Å². The molecule has 0 saturated heterocycles. The number of halogens is 2. The van der Waals surface area contributed by atoms with Gasteiger partial charge in [-0.25, -0.2) is 4.79 Å². The van der Waals surface area contributed by atoms with E-state index < -0.39 is 17.9 Å². The van der Waals surface area contributed by atoms with Gasteiger partial charge < -0.3 is 25.0 Å². The van der Waals surface area contributed by atoms with Crippen LogP contribution in [0, 0.1) is 0 Å². The number of aromatic nitrogens is 4. The van der Waals surface area contributed by atoms with Crippen LogP contribution in [0.5, 0.6) is 6.01 Å². The molecule has 0 bridgehead atoms. The lowest BCUT2D eigenvalue weighted by Crippen LogP contribution is -2.34. The van der Waals surface area contributed by atoms with E-state index in [1.54, 1.807) is 50.2 Å². The van der Waals surface area contributed by atoms with Crippen LogP contribution < -0.4 is 20.3 Å². The maximum atomic E-state index is 12.7. The molecular weight excluding hydrogens is 509 g/mol. The van der Waals surface area contributed by atoms with Crippen LogP contribution in [0.4, 0.5) is 17.6 Å². The minimum atomic E-state index is -0.790. The molecule has 0 aliphatic heterocycles. The van der Waals surface area contributed by atoms with E-state index in [1.807, 2.05) is 0 Å². The highest BCUT2D eigenvalue weighted by Crippen LogP contribution is 2.24. The summed E-state index contributed by atoms with van der Waals surface area (Å²) in [7, 11) is 4.99. The molecule has 13 heteroatoms. The Kier molecular flexibility index (Phi) is 9.20. The summed E-state index contributed by atoms with van der Waals surface area (Å²) in [5.74, 6) is -0.408. The van der Waals surface area contributed by atoms with Crippen LogP contribution in [0.2, 0.25) is 10.0 Å². The van der Waals surface area contributed by atoms with Gasteiger partial charge in [0.1, 0.15) is 6.04 Å². The first-order valence-electron chi connectivity index (χ1n) is 10.8. The van der Waals surface area contributed by atoms with Gasteiger partial charge in [0.05, 0.1) is 29.3 Å². The Labute approximate surface area is 218 Å². The topological polar surface area (TPSA) is 131 Å². The fourth-order valence-corrected chi connectivity index (χ4v) is 3.61. The molecule has 0 aliphatic rings. The van der Waals surface area contributed by atoms with Gasteiger partial charge in [-0.15, -0.1) is 0 Å². The van der Waals surface area contributed by atoms with Gasteiger partial charge in [-0.3, -0.25) is 9.78 Å². The number of esters is 1. The van der Waals surface area contributed by atoms with Crippen molar-refractivity contribution in [3.8, 4) is 6.01 Å². The number of ether oxygens (including phenoxy) is 2. The maximum Gasteiger partial charge on any atom is 0.328 e. The molecule has 0 radical (unpaired) electrons. The van der Waals surface area contributed by atoms with E-state index in [0.29, 0.717) is 11.6 Å². The number of methoxy groups -OCH3 is 1. The minimum absolute atomic E-state index is 0.105. The number of hydrogen-bond acceptors (Lipinski definition) is 10. The third-order valence-electron chi connectivity index (χ3n) is 4.79. The molecule has 2 heterocycles. The Balaban J connectivity index is 1.76. The Hall–Kier alpha value is -3.70. The van der Waals surface area contributed by atoms with Crippen LogP contribution in [0.1, 0.15) is 22.8 Å². The Morgan fingerprint density at radius 2 is 1.72 bits per heavy atom. The summed E-state index contributed by atoms with van der Waals surface area (Å²) in [5.41, 5.74) is 1.45. The molecule has 11 nitrogen and oxygen atoms in total. The summed E-state index contributed by atoms with van der Waals surface area (Å²) in [4.78, 5) is 43.5. The zero-order valence-electron chi connectivity index (χ0n) is 20.1. The lowest BCUT2D eigenvalue weighted by atomic mass is 10.1. The van der Waals surface area contributed by atoms with Gasteiger partial charge in [0.15, 0.2) is 0 Å². The second-order valence-electron chi connectivity index (χ2n) is 7.62. The number of rotatable bonds is 10. The number of hydrogen-bond donors (Lipinski definition) is 2. The largest absolute Gasteiger partial charge is 0.467 e. The van der Waals surface area contributed by atoms with Gasteiger partial charge in [0.2, 0.25) is 11.9 Å². The van der Waals surface area contributed by atoms with Crippen molar-refractivity contribution in [3.05, 3.63) is 57.8 Å². The molecule has 0 unspecified atom stereocenters.